The maximum atomic E-state index is 13.1. The first kappa shape index (κ1) is 21.4. The van der Waals surface area contributed by atoms with Crippen LogP contribution in [0.3, 0.4) is 0 Å². The van der Waals surface area contributed by atoms with Crippen LogP contribution in [0.4, 0.5) is 18.9 Å². The first-order chi connectivity index (χ1) is 13.5. The molecule has 1 aliphatic heterocycles. The topological polar surface area (TPSA) is 57.7 Å². The number of halogens is 4. The van der Waals surface area contributed by atoms with E-state index in [0.29, 0.717) is 29.9 Å². The third-order valence-corrected chi connectivity index (χ3v) is 6.15. The van der Waals surface area contributed by atoms with E-state index in [9.17, 15) is 26.4 Å². The standard InChI is InChI=1S/C19H18ClF3N2O3S/c1-29(27,28)25(17-10-15(19(21,22)23)6-7-16(17)20)12-18(26)24-9-8-13-4-2-3-5-14(13)11-24/h2-7,10H,8-9,11-12H2,1H3. The number of carbonyl (C=O) groups is 1. The van der Waals surface area contributed by atoms with Gasteiger partial charge >= 0.3 is 6.18 Å². The molecule has 5 nitrogen and oxygen atoms in total. The predicted molar refractivity (Wildman–Crippen MR) is 104 cm³/mol. The number of anilines is 1. The zero-order valence-corrected chi connectivity index (χ0v) is 17.0. The van der Waals surface area contributed by atoms with Gasteiger partial charge in [-0.25, -0.2) is 8.42 Å². The second kappa shape index (κ2) is 7.87. The molecule has 10 heteroatoms. The van der Waals surface area contributed by atoms with Crippen LogP contribution < -0.4 is 4.31 Å². The summed E-state index contributed by atoms with van der Waals surface area (Å²) in [5.74, 6) is -0.515. The molecule has 0 unspecified atom stereocenters. The molecule has 1 aliphatic rings. The quantitative estimate of drug-likeness (QED) is 0.719. The van der Waals surface area contributed by atoms with Gasteiger partial charge in [-0.15, -0.1) is 0 Å². The molecule has 0 aliphatic carbocycles. The number of fused-ring (bicyclic) bond motifs is 1. The van der Waals surface area contributed by atoms with Crippen molar-refractivity contribution in [2.45, 2.75) is 19.1 Å². The smallest absolute Gasteiger partial charge is 0.336 e. The van der Waals surface area contributed by atoms with E-state index >= 15 is 0 Å². The Balaban J connectivity index is 1.89. The summed E-state index contributed by atoms with van der Waals surface area (Å²) in [6.07, 6.45) is -3.24. The highest BCUT2D eigenvalue weighted by molar-refractivity contribution is 7.92. The summed E-state index contributed by atoms with van der Waals surface area (Å²) < 4.78 is 64.4. The third kappa shape index (κ3) is 4.84. The molecule has 0 bridgehead atoms. The molecule has 156 valence electrons. The van der Waals surface area contributed by atoms with Gasteiger partial charge in [-0.3, -0.25) is 9.10 Å². The van der Waals surface area contributed by atoms with Crippen molar-refractivity contribution in [1.82, 2.24) is 4.90 Å². The average molecular weight is 447 g/mol. The molecule has 1 heterocycles. The summed E-state index contributed by atoms with van der Waals surface area (Å²) in [4.78, 5) is 14.3. The first-order valence-corrected chi connectivity index (χ1v) is 10.9. The SMILES string of the molecule is CS(=O)(=O)N(CC(=O)N1CCc2ccccc2C1)c1cc(C(F)(F)F)ccc1Cl. The van der Waals surface area contributed by atoms with E-state index in [1.54, 1.807) is 0 Å². The number of alkyl halides is 3. The summed E-state index contributed by atoms with van der Waals surface area (Å²) in [6, 6.07) is 9.96. The summed E-state index contributed by atoms with van der Waals surface area (Å²) in [6.45, 7) is 0.0642. The van der Waals surface area contributed by atoms with Crippen LogP contribution in [0.1, 0.15) is 16.7 Å². The highest BCUT2D eigenvalue weighted by Crippen LogP contribution is 2.36. The van der Waals surface area contributed by atoms with E-state index in [1.807, 2.05) is 24.3 Å². The van der Waals surface area contributed by atoms with E-state index in [2.05, 4.69) is 0 Å². The molecule has 0 saturated heterocycles. The normalized spacial score (nSPS) is 14.4. The molecule has 2 aromatic carbocycles. The van der Waals surface area contributed by atoms with Crippen LogP contribution in [0, 0.1) is 0 Å². The van der Waals surface area contributed by atoms with Gasteiger partial charge in [0.25, 0.3) is 0 Å². The van der Waals surface area contributed by atoms with Crippen molar-refractivity contribution in [2.24, 2.45) is 0 Å². The van der Waals surface area contributed by atoms with Crippen LogP contribution in [-0.2, 0) is 34.0 Å². The lowest BCUT2D eigenvalue weighted by Gasteiger charge is -2.31. The van der Waals surface area contributed by atoms with E-state index in [4.69, 9.17) is 11.6 Å². The molecule has 0 atom stereocenters. The van der Waals surface area contributed by atoms with Crippen molar-refractivity contribution in [3.63, 3.8) is 0 Å². The van der Waals surface area contributed by atoms with Crippen molar-refractivity contribution >= 4 is 33.2 Å². The summed E-state index contributed by atoms with van der Waals surface area (Å²) >= 11 is 5.98. The van der Waals surface area contributed by atoms with Gasteiger partial charge < -0.3 is 4.90 Å². The van der Waals surface area contributed by atoms with Crippen molar-refractivity contribution < 1.29 is 26.4 Å². The second-order valence-corrected chi connectivity index (χ2v) is 9.08. The highest BCUT2D eigenvalue weighted by Gasteiger charge is 2.33. The van der Waals surface area contributed by atoms with Crippen molar-refractivity contribution in [1.29, 1.82) is 0 Å². The van der Waals surface area contributed by atoms with Gasteiger partial charge in [-0.1, -0.05) is 35.9 Å². The Hall–Kier alpha value is -2.26. The lowest BCUT2D eigenvalue weighted by Crippen LogP contribution is -2.44. The lowest BCUT2D eigenvalue weighted by molar-refractivity contribution is -0.137. The Bertz CT molecular complexity index is 1040. The molecule has 0 aromatic heterocycles. The van der Waals surface area contributed by atoms with Crippen LogP contribution in [0.25, 0.3) is 0 Å². The Morgan fingerprint density at radius 1 is 1.17 bits per heavy atom. The number of carbonyl (C=O) groups excluding carboxylic acids is 1. The number of sulfonamides is 1. The molecule has 3 rings (SSSR count). The summed E-state index contributed by atoms with van der Waals surface area (Å²) in [5.41, 5.74) is 0.632. The summed E-state index contributed by atoms with van der Waals surface area (Å²) in [5, 5.41) is -0.194. The van der Waals surface area contributed by atoms with Crippen LogP contribution in [0.15, 0.2) is 42.5 Å². The van der Waals surface area contributed by atoms with Crippen molar-refractivity contribution in [3.8, 4) is 0 Å². The van der Waals surface area contributed by atoms with Crippen LogP contribution in [0.2, 0.25) is 5.02 Å². The molecule has 1 amide bonds. The van der Waals surface area contributed by atoms with E-state index < -0.39 is 34.2 Å². The number of nitrogens with zero attached hydrogens (tertiary/aromatic N) is 2. The van der Waals surface area contributed by atoms with Gasteiger partial charge in [-0.05, 0) is 35.7 Å². The fraction of sp³-hybridized carbons (Fsp3) is 0.316. The van der Waals surface area contributed by atoms with Crippen LogP contribution >= 0.6 is 11.6 Å². The molecule has 0 N–H and O–H groups in total. The fourth-order valence-corrected chi connectivity index (χ4v) is 4.32. The first-order valence-electron chi connectivity index (χ1n) is 8.66. The summed E-state index contributed by atoms with van der Waals surface area (Å²) in [7, 11) is -4.06. The molecular formula is C19H18ClF3N2O3S. The van der Waals surface area contributed by atoms with Crippen molar-refractivity contribution in [2.75, 3.05) is 23.7 Å². The predicted octanol–water partition coefficient (Wildman–Crippen LogP) is 3.71. The zero-order chi connectivity index (χ0) is 21.4. The maximum Gasteiger partial charge on any atom is 0.416 e. The lowest BCUT2D eigenvalue weighted by atomic mass is 10.00. The van der Waals surface area contributed by atoms with Crippen molar-refractivity contribution in [3.05, 3.63) is 64.2 Å². The second-order valence-electron chi connectivity index (χ2n) is 6.77. The number of benzene rings is 2. The molecule has 0 saturated carbocycles. The number of rotatable bonds is 4. The van der Waals surface area contributed by atoms with Gasteiger partial charge in [0, 0.05) is 13.1 Å². The molecule has 2 aromatic rings. The van der Waals surface area contributed by atoms with Crippen LogP contribution in [0.5, 0.6) is 0 Å². The van der Waals surface area contributed by atoms with Gasteiger partial charge in [0.05, 0.1) is 22.5 Å². The van der Waals surface area contributed by atoms with Gasteiger partial charge in [0.2, 0.25) is 15.9 Å². The minimum absolute atomic E-state index is 0.194. The highest BCUT2D eigenvalue weighted by atomic mass is 35.5. The zero-order valence-electron chi connectivity index (χ0n) is 15.4. The average Bonchev–Trinajstić information content (AvgIpc) is 2.64. The number of hydrogen-bond acceptors (Lipinski definition) is 3. The van der Waals surface area contributed by atoms with E-state index in [-0.39, 0.29) is 10.7 Å². The van der Waals surface area contributed by atoms with Gasteiger partial charge in [0.15, 0.2) is 0 Å². The fourth-order valence-electron chi connectivity index (χ4n) is 3.19. The Morgan fingerprint density at radius 2 is 1.83 bits per heavy atom. The minimum atomic E-state index is -4.68. The van der Waals surface area contributed by atoms with E-state index in [1.165, 1.54) is 4.90 Å². The van der Waals surface area contributed by atoms with Gasteiger partial charge in [0.1, 0.15) is 6.54 Å². The number of amides is 1. The Morgan fingerprint density at radius 3 is 2.45 bits per heavy atom. The van der Waals surface area contributed by atoms with Crippen LogP contribution in [-0.4, -0.2) is 38.6 Å². The van der Waals surface area contributed by atoms with E-state index in [0.717, 1.165) is 29.5 Å². The maximum absolute atomic E-state index is 13.1. The molecule has 29 heavy (non-hydrogen) atoms. The molecule has 0 spiro atoms. The molecule has 0 radical (unpaired) electrons. The third-order valence-electron chi connectivity index (χ3n) is 4.70. The van der Waals surface area contributed by atoms with Gasteiger partial charge in [-0.2, -0.15) is 13.2 Å². The minimum Gasteiger partial charge on any atom is -0.336 e. The number of hydrogen-bond donors (Lipinski definition) is 0. The molecule has 0 fully saturated rings. The Labute approximate surface area is 171 Å². The molecular weight excluding hydrogens is 429 g/mol. The largest absolute Gasteiger partial charge is 0.416 e. The monoisotopic (exact) mass is 446 g/mol. The Kier molecular flexibility index (Phi) is 5.82.